The lowest BCUT2D eigenvalue weighted by Gasteiger charge is -2.57. The summed E-state index contributed by atoms with van der Waals surface area (Å²) >= 11 is 0. The molecule has 24 heavy (non-hydrogen) atoms. The number of benzene rings is 2. The van der Waals surface area contributed by atoms with Crippen molar-refractivity contribution in [2.24, 2.45) is 11.8 Å². The van der Waals surface area contributed by atoms with E-state index in [0.29, 0.717) is 24.0 Å². The van der Waals surface area contributed by atoms with Gasteiger partial charge in [0.2, 0.25) is 0 Å². The number of ketones is 1. The number of ether oxygens (including phenoxy) is 1. The first-order valence-corrected chi connectivity index (χ1v) is 8.95. The first-order chi connectivity index (χ1) is 11.7. The van der Waals surface area contributed by atoms with Gasteiger partial charge in [-0.25, -0.2) is 0 Å². The molecular weight excluding hydrogens is 296 g/mol. The van der Waals surface area contributed by atoms with Crippen molar-refractivity contribution in [1.82, 2.24) is 0 Å². The van der Waals surface area contributed by atoms with Gasteiger partial charge in [-0.15, -0.1) is 0 Å². The molecule has 0 N–H and O–H groups in total. The first kappa shape index (κ1) is 14.4. The smallest absolute Gasteiger partial charge is 0.137 e. The van der Waals surface area contributed by atoms with E-state index in [0.717, 1.165) is 6.42 Å². The monoisotopic (exact) mass is 318 g/mol. The third-order valence-electron chi connectivity index (χ3n) is 6.90. The molecule has 4 aliphatic rings. The van der Waals surface area contributed by atoms with Gasteiger partial charge in [-0.2, -0.15) is 0 Å². The van der Waals surface area contributed by atoms with Gasteiger partial charge in [-0.3, -0.25) is 4.79 Å². The van der Waals surface area contributed by atoms with Crippen molar-refractivity contribution >= 4 is 5.78 Å². The van der Waals surface area contributed by atoms with Crippen molar-refractivity contribution in [2.45, 2.75) is 37.2 Å². The lowest BCUT2D eigenvalue weighted by atomic mass is 9.46. The molecule has 0 heterocycles. The number of hydrogen-bond donors (Lipinski definition) is 0. The van der Waals surface area contributed by atoms with Gasteiger partial charge in [-0.05, 0) is 41.5 Å². The van der Waals surface area contributed by atoms with Crippen LogP contribution in [0.4, 0.5) is 0 Å². The predicted molar refractivity (Wildman–Crippen MR) is 93.2 cm³/mol. The summed E-state index contributed by atoms with van der Waals surface area (Å²) in [5.74, 6) is 1.26. The molecule has 122 valence electrons. The van der Waals surface area contributed by atoms with Crippen LogP contribution in [0.2, 0.25) is 0 Å². The molecule has 1 saturated carbocycles. The number of rotatable bonds is 2. The summed E-state index contributed by atoms with van der Waals surface area (Å²) in [5.41, 5.74) is 5.13. The summed E-state index contributed by atoms with van der Waals surface area (Å²) in [6, 6.07) is 17.5. The Hall–Kier alpha value is -1.93. The first-order valence-electron chi connectivity index (χ1n) is 8.95. The average Bonchev–Trinajstić information content (AvgIpc) is 3.03. The second-order valence-corrected chi connectivity index (χ2v) is 7.55. The van der Waals surface area contributed by atoms with Crippen LogP contribution in [0, 0.1) is 11.8 Å². The molecule has 4 aliphatic carbocycles. The van der Waals surface area contributed by atoms with Crippen molar-refractivity contribution in [3.05, 3.63) is 70.8 Å². The highest BCUT2D eigenvalue weighted by Crippen LogP contribution is 2.66. The fourth-order valence-electron chi connectivity index (χ4n) is 6.10. The molecule has 6 rings (SSSR count). The molecule has 0 spiro atoms. The minimum absolute atomic E-state index is 0.0319. The molecule has 0 aromatic heterocycles. The number of Topliss-reactive ketones (excluding diaryl/α,β-unsaturated/α-hetero) is 1. The zero-order chi connectivity index (χ0) is 16.5. The summed E-state index contributed by atoms with van der Waals surface area (Å²) in [6.07, 6.45) is 1.69. The molecule has 2 bridgehead atoms. The molecule has 0 radical (unpaired) electrons. The molecule has 0 aliphatic heterocycles. The lowest BCUT2D eigenvalue weighted by Crippen LogP contribution is -2.58. The quantitative estimate of drug-likeness (QED) is 0.834. The Morgan fingerprint density at radius 1 is 1.04 bits per heavy atom. The molecule has 0 amide bonds. The standard InChI is InChI=1S/C22H22O2/c1-13(24-2)22-17-9-5-3-7-14(17)20(15-8-4-6-10-18(15)22)16-11-12-19(23)21(16)22/h3-10,13,16,20-21H,11-12H2,1-2H3/t13-,16+,20?,21-,22?/m0/s1. The summed E-state index contributed by atoms with van der Waals surface area (Å²) in [6.45, 7) is 2.14. The van der Waals surface area contributed by atoms with E-state index in [4.69, 9.17) is 4.74 Å². The molecule has 0 unspecified atom stereocenters. The lowest BCUT2D eigenvalue weighted by molar-refractivity contribution is -0.126. The summed E-state index contributed by atoms with van der Waals surface area (Å²) in [5, 5.41) is 0. The van der Waals surface area contributed by atoms with E-state index in [9.17, 15) is 4.79 Å². The van der Waals surface area contributed by atoms with Crippen LogP contribution in [0.5, 0.6) is 0 Å². The fraction of sp³-hybridized carbons (Fsp3) is 0.409. The summed E-state index contributed by atoms with van der Waals surface area (Å²) in [4.78, 5) is 13.0. The van der Waals surface area contributed by atoms with Crippen LogP contribution in [0.3, 0.4) is 0 Å². The maximum Gasteiger partial charge on any atom is 0.137 e. The third-order valence-corrected chi connectivity index (χ3v) is 6.90. The normalized spacial score (nSPS) is 33.8. The van der Waals surface area contributed by atoms with Crippen LogP contribution in [-0.2, 0) is 14.9 Å². The fourth-order valence-corrected chi connectivity index (χ4v) is 6.10. The summed E-state index contributed by atoms with van der Waals surface area (Å²) < 4.78 is 5.93. The van der Waals surface area contributed by atoms with E-state index in [1.807, 2.05) is 0 Å². The zero-order valence-electron chi connectivity index (χ0n) is 14.2. The van der Waals surface area contributed by atoms with E-state index in [-0.39, 0.29) is 17.4 Å². The number of methoxy groups -OCH3 is 1. The van der Waals surface area contributed by atoms with Gasteiger partial charge in [0.05, 0.1) is 11.5 Å². The zero-order valence-corrected chi connectivity index (χ0v) is 14.2. The Labute approximate surface area is 142 Å². The van der Waals surface area contributed by atoms with E-state index < -0.39 is 0 Å². The minimum Gasteiger partial charge on any atom is -0.380 e. The maximum absolute atomic E-state index is 13.0. The highest BCUT2D eigenvalue weighted by molar-refractivity contribution is 5.89. The molecule has 0 saturated heterocycles. The highest BCUT2D eigenvalue weighted by Gasteiger charge is 2.64. The Morgan fingerprint density at radius 2 is 1.62 bits per heavy atom. The topological polar surface area (TPSA) is 26.3 Å². The van der Waals surface area contributed by atoms with Gasteiger partial charge in [0.15, 0.2) is 0 Å². The molecule has 2 heteroatoms. The van der Waals surface area contributed by atoms with Gasteiger partial charge in [-0.1, -0.05) is 48.5 Å². The number of hydrogen-bond acceptors (Lipinski definition) is 2. The van der Waals surface area contributed by atoms with Crippen LogP contribution in [0.1, 0.15) is 47.9 Å². The molecule has 2 aromatic carbocycles. The Morgan fingerprint density at radius 3 is 2.21 bits per heavy atom. The molecule has 2 aromatic rings. The van der Waals surface area contributed by atoms with Crippen LogP contribution in [0.15, 0.2) is 48.5 Å². The number of carbonyl (C=O) groups excluding carboxylic acids is 1. The Kier molecular flexibility index (Phi) is 2.88. The van der Waals surface area contributed by atoms with Crippen molar-refractivity contribution < 1.29 is 9.53 Å². The van der Waals surface area contributed by atoms with E-state index in [1.54, 1.807) is 7.11 Å². The second kappa shape index (κ2) is 4.80. The minimum atomic E-state index is -0.338. The van der Waals surface area contributed by atoms with E-state index >= 15 is 0 Å². The molecule has 1 fully saturated rings. The molecule has 2 nitrogen and oxygen atoms in total. The average molecular weight is 318 g/mol. The van der Waals surface area contributed by atoms with Crippen molar-refractivity contribution in [3.8, 4) is 0 Å². The van der Waals surface area contributed by atoms with Crippen LogP contribution >= 0.6 is 0 Å². The van der Waals surface area contributed by atoms with Crippen LogP contribution in [-0.4, -0.2) is 19.0 Å². The van der Waals surface area contributed by atoms with Gasteiger partial charge >= 0.3 is 0 Å². The van der Waals surface area contributed by atoms with Crippen LogP contribution in [0.25, 0.3) is 0 Å². The second-order valence-electron chi connectivity index (χ2n) is 7.55. The van der Waals surface area contributed by atoms with Crippen molar-refractivity contribution in [1.29, 1.82) is 0 Å². The van der Waals surface area contributed by atoms with Gasteiger partial charge in [0.25, 0.3) is 0 Å². The molecular formula is C22H22O2. The van der Waals surface area contributed by atoms with Crippen molar-refractivity contribution in [3.63, 3.8) is 0 Å². The Balaban J connectivity index is 1.94. The molecule has 3 atom stereocenters. The van der Waals surface area contributed by atoms with Gasteiger partial charge in [0, 0.05) is 25.4 Å². The van der Waals surface area contributed by atoms with Crippen molar-refractivity contribution in [2.75, 3.05) is 7.11 Å². The summed E-state index contributed by atoms with van der Waals surface area (Å²) in [7, 11) is 1.78. The maximum atomic E-state index is 13.0. The Bertz CT molecular complexity index is 790. The highest BCUT2D eigenvalue weighted by atomic mass is 16.5. The number of carbonyl (C=O) groups is 1. The third kappa shape index (κ3) is 1.45. The predicted octanol–water partition coefficient (Wildman–Crippen LogP) is 4.06. The SMILES string of the molecule is CO[C@@H](C)C12c3ccccc3C(c3ccccc31)[C@H]1CCC(=O)[C@H]12. The van der Waals surface area contributed by atoms with E-state index in [1.165, 1.54) is 22.3 Å². The van der Waals surface area contributed by atoms with Crippen LogP contribution < -0.4 is 0 Å². The van der Waals surface area contributed by atoms with Gasteiger partial charge in [0.1, 0.15) is 5.78 Å². The van der Waals surface area contributed by atoms with Gasteiger partial charge < -0.3 is 4.74 Å². The van der Waals surface area contributed by atoms with E-state index in [2.05, 4.69) is 55.5 Å². The largest absolute Gasteiger partial charge is 0.380 e.